The molecule has 3 aromatic rings. The van der Waals surface area contributed by atoms with Gasteiger partial charge in [0.2, 0.25) is 0 Å². The molecule has 154 valence electrons. The van der Waals surface area contributed by atoms with Gasteiger partial charge in [-0.25, -0.2) is 17.2 Å². The highest BCUT2D eigenvalue weighted by Gasteiger charge is 2.19. The number of nitrogens with one attached hydrogen (secondary N) is 2. The Morgan fingerprint density at radius 3 is 2.33 bits per heavy atom. The molecule has 0 aromatic heterocycles. The van der Waals surface area contributed by atoms with Crippen molar-refractivity contribution < 1.29 is 26.9 Å². The van der Waals surface area contributed by atoms with E-state index in [4.69, 9.17) is 0 Å². The molecule has 0 spiro atoms. The molecule has 0 aliphatic heterocycles. The fraction of sp³-hybridized carbons (Fsp3) is 0. The van der Waals surface area contributed by atoms with Crippen LogP contribution in [0.2, 0.25) is 0 Å². The fourth-order valence-corrected chi connectivity index (χ4v) is 3.56. The van der Waals surface area contributed by atoms with E-state index in [-0.39, 0.29) is 22.6 Å². The average molecular weight is 433 g/mol. The van der Waals surface area contributed by atoms with E-state index < -0.39 is 37.4 Å². The first-order valence-corrected chi connectivity index (χ1v) is 9.78. The van der Waals surface area contributed by atoms with Crippen molar-refractivity contribution in [2.24, 2.45) is 0 Å². The van der Waals surface area contributed by atoms with Crippen LogP contribution in [0.25, 0.3) is 0 Å². The smallest absolute Gasteiger partial charge is 0.271 e. The average Bonchev–Trinajstić information content (AvgIpc) is 2.69. The first-order valence-electron chi connectivity index (χ1n) is 8.30. The molecule has 0 aliphatic rings. The number of rotatable bonds is 6. The Balaban J connectivity index is 1.82. The van der Waals surface area contributed by atoms with Crippen molar-refractivity contribution in [3.05, 3.63) is 94.0 Å². The number of nitrogens with zero attached hydrogens (tertiary/aromatic N) is 1. The Hall–Kier alpha value is -3.86. The number of carbonyl (C=O) groups is 1. The highest BCUT2D eigenvalue weighted by molar-refractivity contribution is 7.92. The lowest BCUT2D eigenvalue weighted by atomic mass is 10.2. The first kappa shape index (κ1) is 20.9. The molecule has 0 saturated carbocycles. The standard InChI is InChI=1S/C19H13F2N3O5S/c20-16-7-2-1-6-15(16)19(25)22-18-9-8-14(11-17(18)21)30(28,29)23-12-4-3-5-13(10-12)24(26)27/h1-11,23H,(H,22,25). The van der Waals surface area contributed by atoms with Crippen molar-refractivity contribution in [1.29, 1.82) is 0 Å². The minimum Gasteiger partial charge on any atom is -0.319 e. The number of amides is 1. The van der Waals surface area contributed by atoms with Crippen LogP contribution >= 0.6 is 0 Å². The van der Waals surface area contributed by atoms with Gasteiger partial charge in [0.1, 0.15) is 11.6 Å². The van der Waals surface area contributed by atoms with Gasteiger partial charge in [-0.3, -0.25) is 19.6 Å². The summed E-state index contributed by atoms with van der Waals surface area (Å²) in [5.41, 5.74) is -1.06. The number of carbonyl (C=O) groups excluding carboxylic acids is 1. The largest absolute Gasteiger partial charge is 0.319 e. The van der Waals surface area contributed by atoms with Crippen molar-refractivity contribution in [3.63, 3.8) is 0 Å². The number of anilines is 2. The zero-order chi connectivity index (χ0) is 21.9. The topological polar surface area (TPSA) is 118 Å². The van der Waals surface area contributed by atoms with E-state index >= 15 is 0 Å². The molecule has 3 aromatic carbocycles. The first-order chi connectivity index (χ1) is 14.2. The summed E-state index contributed by atoms with van der Waals surface area (Å²) in [4.78, 5) is 21.7. The summed E-state index contributed by atoms with van der Waals surface area (Å²) < 4.78 is 55.1. The molecular formula is C19H13F2N3O5S. The van der Waals surface area contributed by atoms with E-state index in [0.29, 0.717) is 6.07 Å². The van der Waals surface area contributed by atoms with Gasteiger partial charge in [-0.15, -0.1) is 0 Å². The summed E-state index contributed by atoms with van der Waals surface area (Å²) in [6.07, 6.45) is 0. The number of non-ortho nitro benzene ring substituents is 1. The summed E-state index contributed by atoms with van der Waals surface area (Å²) in [6, 6.07) is 12.6. The molecule has 0 heterocycles. The van der Waals surface area contributed by atoms with Crippen molar-refractivity contribution in [2.75, 3.05) is 10.0 Å². The maximum absolute atomic E-state index is 14.4. The van der Waals surface area contributed by atoms with Crippen molar-refractivity contribution in [3.8, 4) is 0 Å². The summed E-state index contributed by atoms with van der Waals surface area (Å²) in [5, 5.41) is 13.0. The summed E-state index contributed by atoms with van der Waals surface area (Å²) in [7, 11) is -4.27. The number of hydrogen-bond acceptors (Lipinski definition) is 5. The Labute approximate surface area is 169 Å². The van der Waals surface area contributed by atoms with Crippen molar-refractivity contribution in [2.45, 2.75) is 4.90 Å². The van der Waals surface area contributed by atoms with Gasteiger partial charge in [-0.05, 0) is 36.4 Å². The van der Waals surface area contributed by atoms with Crippen LogP contribution in [0.15, 0.2) is 71.6 Å². The van der Waals surface area contributed by atoms with Crippen LogP contribution in [0, 0.1) is 21.7 Å². The maximum atomic E-state index is 14.4. The predicted molar refractivity (Wildman–Crippen MR) is 105 cm³/mol. The van der Waals surface area contributed by atoms with Gasteiger partial charge in [0, 0.05) is 12.1 Å². The van der Waals surface area contributed by atoms with Gasteiger partial charge in [0.25, 0.3) is 21.6 Å². The fourth-order valence-electron chi connectivity index (χ4n) is 2.50. The third kappa shape index (κ3) is 4.58. The minimum absolute atomic E-state index is 0.0819. The van der Waals surface area contributed by atoms with Crippen molar-refractivity contribution in [1.82, 2.24) is 0 Å². The number of sulfonamides is 1. The van der Waals surface area contributed by atoms with Gasteiger partial charge in [-0.1, -0.05) is 18.2 Å². The van der Waals surface area contributed by atoms with E-state index in [1.807, 2.05) is 0 Å². The van der Waals surface area contributed by atoms with E-state index in [1.54, 1.807) is 0 Å². The van der Waals surface area contributed by atoms with Crippen molar-refractivity contribution >= 4 is 33.0 Å². The quantitative estimate of drug-likeness (QED) is 0.451. The molecule has 0 bridgehead atoms. The highest BCUT2D eigenvalue weighted by atomic mass is 32.2. The number of nitro benzene ring substituents is 1. The zero-order valence-electron chi connectivity index (χ0n) is 15.0. The molecule has 0 aliphatic carbocycles. The van der Waals surface area contributed by atoms with Gasteiger partial charge >= 0.3 is 0 Å². The SMILES string of the molecule is O=C(Nc1ccc(S(=O)(=O)Nc2cccc([N+](=O)[O-])c2)cc1F)c1ccccc1F. The maximum Gasteiger partial charge on any atom is 0.271 e. The highest BCUT2D eigenvalue weighted by Crippen LogP contribution is 2.24. The lowest BCUT2D eigenvalue weighted by Crippen LogP contribution is -2.16. The lowest BCUT2D eigenvalue weighted by molar-refractivity contribution is -0.384. The van der Waals surface area contributed by atoms with Crippen LogP contribution in [-0.2, 0) is 10.0 Å². The van der Waals surface area contributed by atoms with Crippen LogP contribution in [0.1, 0.15) is 10.4 Å². The molecular weight excluding hydrogens is 420 g/mol. The summed E-state index contributed by atoms with van der Waals surface area (Å²) in [5.74, 6) is -2.77. The molecule has 0 atom stereocenters. The van der Waals surface area contributed by atoms with E-state index in [2.05, 4.69) is 10.0 Å². The Morgan fingerprint density at radius 2 is 1.67 bits per heavy atom. The van der Waals surface area contributed by atoms with Crippen LogP contribution in [0.3, 0.4) is 0 Å². The normalized spacial score (nSPS) is 11.0. The minimum atomic E-state index is -4.27. The van der Waals surface area contributed by atoms with Gasteiger partial charge in [0.05, 0.1) is 26.8 Å². The van der Waals surface area contributed by atoms with Crippen LogP contribution < -0.4 is 10.0 Å². The van der Waals surface area contributed by atoms with E-state index in [0.717, 1.165) is 24.3 Å². The second-order valence-electron chi connectivity index (χ2n) is 5.99. The second kappa shape index (κ2) is 8.25. The summed E-state index contributed by atoms with van der Waals surface area (Å²) >= 11 is 0. The van der Waals surface area contributed by atoms with Gasteiger partial charge in [0.15, 0.2) is 0 Å². The summed E-state index contributed by atoms with van der Waals surface area (Å²) in [6.45, 7) is 0. The van der Waals surface area contributed by atoms with E-state index in [9.17, 15) is 32.1 Å². The lowest BCUT2D eigenvalue weighted by Gasteiger charge is -2.11. The third-order valence-electron chi connectivity index (χ3n) is 3.93. The predicted octanol–water partition coefficient (Wildman–Crippen LogP) is 3.93. The molecule has 0 fully saturated rings. The van der Waals surface area contributed by atoms with Crippen LogP contribution in [0.4, 0.5) is 25.8 Å². The molecule has 1 amide bonds. The molecule has 0 saturated heterocycles. The number of hydrogen-bond donors (Lipinski definition) is 2. The Kier molecular flexibility index (Phi) is 5.74. The van der Waals surface area contributed by atoms with Crippen LogP contribution in [0.5, 0.6) is 0 Å². The Morgan fingerprint density at radius 1 is 0.933 bits per heavy atom. The number of halogens is 2. The molecule has 0 unspecified atom stereocenters. The monoisotopic (exact) mass is 433 g/mol. The molecule has 8 nitrogen and oxygen atoms in total. The third-order valence-corrected chi connectivity index (χ3v) is 5.31. The van der Waals surface area contributed by atoms with E-state index in [1.165, 1.54) is 36.4 Å². The Bertz CT molecular complexity index is 1250. The molecule has 0 radical (unpaired) electrons. The van der Waals surface area contributed by atoms with Gasteiger partial charge in [-0.2, -0.15) is 0 Å². The zero-order valence-corrected chi connectivity index (χ0v) is 15.8. The molecule has 11 heteroatoms. The molecule has 30 heavy (non-hydrogen) atoms. The number of nitro groups is 1. The second-order valence-corrected chi connectivity index (χ2v) is 7.67. The van der Waals surface area contributed by atoms with Gasteiger partial charge < -0.3 is 5.32 Å². The van der Waals surface area contributed by atoms with Crippen LogP contribution in [-0.4, -0.2) is 19.2 Å². The molecule has 2 N–H and O–H groups in total. The molecule has 3 rings (SSSR count). The number of benzene rings is 3.